The highest BCUT2D eigenvalue weighted by Gasteiger charge is 2.41. The van der Waals surface area contributed by atoms with Crippen LogP contribution in [-0.4, -0.2) is 12.1 Å². The quantitative estimate of drug-likeness (QED) is 0.744. The molecular formula is C9H14F3NO. The zero-order chi connectivity index (χ0) is 10.8. The van der Waals surface area contributed by atoms with E-state index in [1.54, 1.807) is 0 Å². The van der Waals surface area contributed by atoms with E-state index in [0.717, 1.165) is 0 Å². The smallest absolute Gasteiger partial charge is 0.370 e. The zero-order valence-electron chi connectivity index (χ0n) is 7.81. The highest BCUT2D eigenvalue weighted by molar-refractivity contribution is 5.73. The third kappa shape index (κ3) is 3.20. The number of carbonyl (C=O) groups is 1. The number of halogens is 3. The van der Waals surface area contributed by atoms with Crippen LogP contribution in [0.5, 0.6) is 0 Å². The van der Waals surface area contributed by atoms with Crippen molar-refractivity contribution in [3.05, 3.63) is 0 Å². The molecule has 0 aromatic carbocycles. The second-order valence-corrected chi connectivity index (χ2v) is 3.93. The summed E-state index contributed by atoms with van der Waals surface area (Å²) in [4.78, 5) is 10.5. The fourth-order valence-corrected chi connectivity index (χ4v) is 1.98. The molecule has 0 spiro atoms. The predicted molar refractivity (Wildman–Crippen MR) is 45.3 cm³/mol. The Hall–Kier alpha value is -0.740. The number of hydrogen-bond acceptors (Lipinski definition) is 1. The van der Waals surface area contributed by atoms with E-state index in [9.17, 15) is 18.0 Å². The maximum absolute atomic E-state index is 12.2. The Morgan fingerprint density at radius 3 is 2.07 bits per heavy atom. The Kier molecular flexibility index (Phi) is 3.39. The molecule has 1 rings (SSSR count). The van der Waals surface area contributed by atoms with Crippen LogP contribution < -0.4 is 5.73 Å². The lowest BCUT2D eigenvalue weighted by molar-refractivity contribution is -0.184. The van der Waals surface area contributed by atoms with Crippen LogP contribution in [0.25, 0.3) is 0 Å². The van der Waals surface area contributed by atoms with Gasteiger partial charge in [0.05, 0.1) is 5.92 Å². The SMILES string of the molecule is NC(=O)CC1CCC(C(F)(F)F)CC1. The average molecular weight is 209 g/mol. The Bertz CT molecular complexity index is 207. The highest BCUT2D eigenvalue weighted by Crippen LogP contribution is 2.40. The maximum atomic E-state index is 12.2. The summed E-state index contributed by atoms with van der Waals surface area (Å²) in [6.07, 6.45) is -2.63. The molecule has 14 heavy (non-hydrogen) atoms. The van der Waals surface area contributed by atoms with E-state index in [1.165, 1.54) is 0 Å². The summed E-state index contributed by atoms with van der Waals surface area (Å²) in [7, 11) is 0. The van der Waals surface area contributed by atoms with Crippen molar-refractivity contribution in [3.63, 3.8) is 0 Å². The third-order valence-electron chi connectivity index (χ3n) is 2.80. The van der Waals surface area contributed by atoms with Crippen molar-refractivity contribution >= 4 is 5.91 Å². The summed E-state index contributed by atoms with van der Waals surface area (Å²) >= 11 is 0. The summed E-state index contributed by atoms with van der Waals surface area (Å²) in [6, 6.07) is 0. The van der Waals surface area contributed by atoms with Crippen LogP contribution in [0.15, 0.2) is 0 Å². The van der Waals surface area contributed by atoms with Crippen LogP contribution in [0.1, 0.15) is 32.1 Å². The molecule has 1 amide bonds. The predicted octanol–water partition coefficient (Wildman–Crippen LogP) is 2.23. The van der Waals surface area contributed by atoms with Crippen molar-refractivity contribution in [1.82, 2.24) is 0 Å². The molecule has 1 aliphatic carbocycles. The van der Waals surface area contributed by atoms with Crippen LogP contribution in [-0.2, 0) is 4.79 Å². The second kappa shape index (κ2) is 4.19. The van der Waals surface area contributed by atoms with E-state index in [2.05, 4.69) is 0 Å². The summed E-state index contributed by atoms with van der Waals surface area (Å²) in [5, 5.41) is 0. The highest BCUT2D eigenvalue weighted by atomic mass is 19.4. The number of carbonyl (C=O) groups excluding carboxylic acids is 1. The first kappa shape index (κ1) is 11.3. The number of primary amides is 1. The molecule has 0 aromatic rings. The Labute approximate surface area is 80.7 Å². The van der Waals surface area contributed by atoms with Gasteiger partial charge in [-0.1, -0.05) is 0 Å². The minimum atomic E-state index is -4.07. The van der Waals surface area contributed by atoms with Gasteiger partial charge in [0.15, 0.2) is 0 Å². The Balaban J connectivity index is 2.35. The molecule has 0 bridgehead atoms. The fraction of sp³-hybridized carbons (Fsp3) is 0.889. The maximum Gasteiger partial charge on any atom is 0.391 e. The molecule has 0 heterocycles. The minimum Gasteiger partial charge on any atom is -0.370 e. The van der Waals surface area contributed by atoms with Gasteiger partial charge in [-0.2, -0.15) is 13.2 Å². The summed E-state index contributed by atoms with van der Waals surface area (Å²) in [6.45, 7) is 0. The van der Waals surface area contributed by atoms with Crippen LogP contribution >= 0.6 is 0 Å². The molecule has 1 aliphatic rings. The molecule has 5 heteroatoms. The fourth-order valence-electron chi connectivity index (χ4n) is 1.98. The molecule has 1 saturated carbocycles. The van der Waals surface area contributed by atoms with E-state index in [-0.39, 0.29) is 25.2 Å². The summed E-state index contributed by atoms with van der Waals surface area (Å²) < 4.78 is 36.7. The van der Waals surface area contributed by atoms with Gasteiger partial charge < -0.3 is 5.73 Å². The lowest BCUT2D eigenvalue weighted by Gasteiger charge is -2.29. The molecular weight excluding hydrogens is 195 g/mol. The van der Waals surface area contributed by atoms with Gasteiger partial charge >= 0.3 is 6.18 Å². The van der Waals surface area contributed by atoms with Crippen molar-refractivity contribution in [1.29, 1.82) is 0 Å². The minimum absolute atomic E-state index is 0.0612. The first-order valence-corrected chi connectivity index (χ1v) is 4.74. The van der Waals surface area contributed by atoms with Gasteiger partial charge in [-0.3, -0.25) is 4.79 Å². The normalized spacial score (nSPS) is 28.8. The Morgan fingerprint density at radius 2 is 1.71 bits per heavy atom. The number of amides is 1. The van der Waals surface area contributed by atoms with Gasteiger partial charge in [0.1, 0.15) is 0 Å². The van der Waals surface area contributed by atoms with E-state index in [1.807, 2.05) is 0 Å². The first-order valence-electron chi connectivity index (χ1n) is 4.74. The topological polar surface area (TPSA) is 43.1 Å². The molecule has 2 N–H and O–H groups in total. The third-order valence-corrected chi connectivity index (χ3v) is 2.80. The molecule has 1 fully saturated rings. The average Bonchev–Trinajstić information content (AvgIpc) is 2.02. The van der Waals surface area contributed by atoms with Gasteiger partial charge in [-0.15, -0.1) is 0 Å². The van der Waals surface area contributed by atoms with Gasteiger partial charge in [0.2, 0.25) is 5.91 Å². The molecule has 0 saturated heterocycles. The second-order valence-electron chi connectivity index (χ2n) is 3.93. The lowest BCUT2D eigenvalue weighted by atomic mass is 9.80. The Morgan fingerprint density at radius 1 is 1.21 bits per heavy atom. The molecule has 0 aliphatic heterocycles. The first-order chi connectivity index (χ1) is 6.39. The van der Waals surface area contributed by atoms with Crippen molar-refractivity contribution in [2.24, 2.45) is 17.6 Å². The van der Waals surface area contributed by atoms with Crippen LogP contribution in [0, 0.1) is 11.8 Å². The van der Waals surface area contributed by atoms with Crippen LogP contribution in [0.2, 0.25) is 0 Å². The van der Waals surface area contributed by atoms with Gasteiger partial charge in [-0.25, -0.2) is 0 Å². The number of alkyl halides is 3. The van der Waals surface area contributed by atoms with Crippen molar-refractivity contribution < 1.29 is 18.0 Å². The number of rotatable bonds is 2. The van der Waals surface area contributed by atoms with Gasteiger partial charge in [-0.05, 0) is 31.6 Å². The summed E-state index contributed by atoms with van der Waals surface area (Å²) in [5.41, 5.74) is 4.98. The van der Waals surface area contributed by atoms with E-state index in [0.29, 0.717) is 12.8 Å². The van der Waals surface area contributed by atoms with Crippen LogP contribution in [0.3, 0.4) is 0 Å². The summed E-state index contributed by atoms with van der Waals surface area (Å²) in [5.74, 6) is -1.53. The van der Waals surface area contributed by atoms with Crippen molar-refractivity contribution in [2.75, 3.05) is 0 Å². The lowest BCUT2D eigenvalue weighted by Crippen LogP contribution is -2.29. The number of hydrogen-bond donors (Lipinski definition) is 1. The molecule has 0 radical (unpaired) electrons. The zero-order valence-corrected chi connectivity index (χ0v) is 7.81. The molecule has 0 atom stereocenters. The largest absolute Gasteiger partial charge is 0.391 e. The molecule has 0 unspecified atom stereocenters. The monoisotopic (exact) mass is 209 g/mol. The van der Waals surface area contributed by atoms with Gasteiger partial charge in [0.25, 0.3) is 0 Å². The molecule has 2 nitrogen and oxygen atoms in total. The van der Waals surface area contributed by atoms with E-state index in [4.69, 9.17) is 5.73 Å². The van der Waals surface area contributed by atoms with Gasteiger partial charge in [0, 0.05) is 6.42 Å². The van der Waals surface area contributed by atoms with Crippen LogP contribution in [0.4, 0.5) is 13.2 Å². The standard InChI is InChI=1S/C9H14F3NO/c10-9(11,12)7-3-1-6(2-4-7)5-8(13)14/h6-7H,1-5H2,(H2,13,14). The van der Waals surface area contributed by atoms with Crippen molar-refractivity contribution in [2.45, 2.75) is 38.3 Å². The van der Waals surface area contributed by atoms with E-state index >= 15 is 0 Å². The molecule has 82 valence electrons. The number of nitrogens with two attached hydrogens (primary N) is 1. The van der Waals surface area contributed by atoms with E-state index < -0.39 is 18.0 Å². The van der Waals surface area contributed by atoms with Crippen molar-refractivity contribution in [3.8, 4) is 0 Å². The molecule has 0 aromatic heterocycles.